The Hall–Kier alpha value is -3.90. The first-order valence-electron chi connectivity index (χ1n) is 16.6. The van der Waals surface area contributed by atoms with Crippen LogP contribution < -0.4 is 21.3 Å². The number of fused-ring (bicyclic) bond motifs is 1. The Morgan fingerprint density at radius 3 is 2.17 bits per heavy atom. The molecule has 13 heteroatoms. The van der Waals surface area contributed by atoms with E-state index in [-0.39, 0.29) is 41.8 Å². The van der Waals surface area contributed by atoms with Crippen LogP contribution in [-0.4, -0.2) is 86.9 Å². The minimum atomic E-state index is -1.01. The molecule has 1 aliphatic heterocycles. The van der Waals surface area contributed by atoms with Crippen molar-refractivity contribution >= 4 is 35.3 Å². The first-order chi connectivity index (χ1) is 21.8. The molecule has 0 aromatic carbocycles. The second kappa shape index (κ2) is 16.6. The molecule has 46 heavy (non-hydrogen) atoms. The molecule has 5 amide bonds. The first-order valence-corrected chi connectivity index (χ1v) is 16.6. The minimum absolute atomic E-state index is 0.0621. The van der Waals surface area contributed by atoms with Gasteiger partial charge in [0, 0.05) is 25.0 Å². The van der Waals surface area contributed by atoms with Gasteiger partial charge in [-0.1, -0.05) is 54.4 Å². The van der Waals surface area contributed by atoms with Gasteiger partial charge in [-0.05, 0) is 56.3 Å². The van der Waals surface area contributed by atoms with Crippen molar-refractivity contribution in [1.82, 2.24) is 36.1 Å². The molecular formula is C33H51N7O6. The molecule has 1 aromatic rings. The topological polar surface area (TPSA) is 180 Å². The van der Waals surface area contributed by atoms with Gasteiger partial charge in [0.1, 0.15) is 23.8 Å². The standard InChI is InChI=1S/C33H51N7O6/c1-8-11-23(28(41)32(45)36-20(7)9-2)37-31(44)27-22-13-10-12-21(22)17-40(27)33(46)26(19(5)6)39-30(43)25(18(3)4)38-29(42)24-16-34-14-15-35-24/h14-16,18-23,25-27H,8-13,17H2,1-7H3,(H,36,45)(H,37,44)(H,38,42)(H,39,43)/t20-,21+,22+,23?,25-,26?,27+/m1/s1. The summed E-state index contributed by atoms with van der Waals surface area (Å²) in [6, 6.07) is -3.95. The van der Waals surface area contributed by atoms with E-state index in [1.54, 1.807) is 25.7 Å². The summed E-state index contributed by atoms with van der Waals surface area (Å²) in [5.74, 6) is -4.00. The predicted octanol–water partition coefficient (Wildman–Crippen LogP) is 1.77. The SMILES string of the molecule is CCCC(NC(=O)[C@@H]1[C@H]2CCC[C@H]2CN1C(=O)C(NC(=O)[C@H](NC(=O)c1cnccn1)C(C)C)C(C)C)C(=O)C(=O)N[C@H](C)CC. The van der Waals surface area contributed by atoms with Crippen LogP contribution in [-0.2, 0) is 24.0 Å². The van der Waals surface area contributed by atoms with Crippen LogP contribution in [0.15, 0.2) is 18.6 Å². The summed E-state index contributed by atoms with van der Waals surface area (Å²) in [5, 5.41) is 11.1. The van der Waals surface area contributed by atoms with Crippen LogP contribution in [0.2, 0.25) is 0 Å². The zero-order chi connectivity index (χ0) is 34.1. The number of nitrogens with zero attached hydrogens (tertiary/aromatic N) is 3. The van der Waals surface area contributed by atoms with Crippen LogP contribution in [0, 0.1) is 23.7 Å². The molecule has 2 unspecified atom stereocenters. The van der Waals surface area contributed by atoms with Crippen molar-refractivity contribution in [2.45, 2.75) is 117 Å². The highest BCUT2D eigenvalue weighted by Gasteiger charge is 2.51. The van der Waals surface area contributed by atoms with E-state index in [9.17, 15) is 28.8 Å². The van der Waals surface area contributed by atoms with Crippen molar-refractivity contribution in [2.24, 2.45) is 23.7 Å². The zero-order valence-electron chi connectivity index (χ0n) is 28.2. The minimum Gasteiger partial charge on any atom is -0.347 e. The quantitative estimate of drug-likeness (QED) is 0.209. The molecule has 4 N–H and O–H groups in total. The molecular weight excluding hydrogens is 590 g/mol. The fourth-order valence-corrected chi connectivity index (χ4v) is 6.34. The van der Waals surface area contributed by atoms with Gasteiger partial charge in [-0.25, -0.2) is 4.98 Å². The van der Waals surface area contributed by atoms with Crippen molar-refractivity contribution in [3.05, 3.63) is 24.3 Å². The Kier molecular flexibility index (Phi) is 13.2. The molecule has 1 aliphatic carbocycles. The van der Waals surface area contributed by atoms with Crippen LogP contribution >= 0.6 is 0 Å². The van der Waals surface area contributed by atoms with Crippen LogP contribution in [0.3, 0.4) is 0 Å². The molecule has 1 saturated heterocycles. The third-order valence-electron chi connectivity index (χ3n) is 9.13. The number of carbonyl (C=O) groups excluding carboxylic acids is 6. The number of aromatic nitrogens is 2. The van der Waals surface area contributed by atoms with Crippen LogP contribution in [0.25, 0.3) is 0 Å². The second-order valence-electron chi connectivity index (χ2n) is 13.3. The zero-order valence-corrected chi connectivity index (χ0v) is 28.2. The molecule has 0 spiro atoms. The lowest BCUT2D eigenvalue weighted by molar-refractivity contribution is -0.145. The van der Waals surface area contributed by atoms with E-state index in [0.717, 1.165) is 19.3 Å². The van der Waals surface area contributed by atoms with E-state index in [1.165, 1.54) is 18.6 Å². The summed E-state index contributed by atoms with van der Waals surface area (Å²) in [6.07, 6.45) is 8.20. The summed E-state index contributed by atoms with van der Waals surface area (Å²) in [6.45, 7) is 13.1. The van der Waals surface area contributed by atoms with E-state index >= 15 is 0 Å². The number of Topliss-reactive ketones (excluding diaryl/α,β-unsaturated/α-hetero) is 1. The summed E-state index contributed by atoms with van der Waals surface area (Å²) in [7, 11) is 0. The third-order valence-corrected chi connectivity index (χ3v) is 9.13. The van der Waals surface area contributed by atoms with Crippen molar-refractivity contribution in [1.29, 1.82) is 0 Å². The van der Waals surface area contributed by atoms with Crippen molar-refractivity contribution in [3.8, 4) is 0 Å². The molecule has 2 aliphatic rings. The van der Waals surface area contributed by atoms with Gasteiger partial charge >= 0.3 is 0 Å². The highest BCUT2D eigenvalue weighted by molar-refractivity contribution is 6.38. The van der Waals surface area contributed by atoms with Gasteiger partial charge in [-0.2, -0.15) is 0 Å². The van der Waals surface area contributed by atoms with Gasteiger partial charge in [0.15, 0.2) is 0 Å². The van der Waals surface area contributed by atoms with Crippen molar-refractivity contribution in [3.63, 3.8) is 0 Å². The smallest absolute Gasteiger partial charge is 0.289 e. The first kappa shape index (κ1) is 36.6. The average molecular weight is 642 g/mol. The highest BCUT2D eigenvalue weighted by Crippen LogP contribution is 2.42. The molecule has 7 atom stereocenters. The van der Waals surface area contributed by atoms with E-state index in [1.807, 2.05) is 27.7 Å². The van der Waals surface area contributed by atoms with E-state index in [4.69, 9.17) is 0 Å². The van der Waals surface area contributed by atoms with Gasteiger partial charge in [-0.3, -0.25) is 33.8 Å². The maximum absolute atomic E-state index is 14.2. The predicted molar refractivity (Wildman–Crippen MR) is 171 cm³/mol. The maximum Gasteiger partial charge on any atom is 0.289 e. The number of hydrogen-bond acceptors (Lipinski definition) is 8. The molecule has 2 fully saturated rings. The number of nitrogens with one attached hydrogen (secondary N) is 4. The largest absolute Gasteiger partial charge is 0.347 e. The van der Waals surface area contributed by atoms with Crippen molar-refractivity contribution in [2.75, 3.05) is 6.54 Å². The average Bonchev–Trinajstić information content (AvgIpc) is 3.63. The lowest BCUT2D eigenvalue weighted by Crippen LogP contribution is -2.60. The van der Waals surface area contributed by atoms with Crippen molar-refractivity contribution < 1.29 is 28.8 Å². The van der Waals surface area contributed by atoms with E-state index in [2.05, 4.69) is 31.2 Å². The number of carbonyl (C=O) groups is 6. The molecule has 1 aromatic heterocycles. The summed E-state index contributed by atoms with van der Waals surface area (Å²) in [5.41, 5.74) is 0.0621. The number of likely N-dealkylation sites (tertiary alicyclic amines) is 1. The molecule has 254 valence electrons. The Bertz CT molecular complexity index is 1260. The fraction of sp³-hybridized carbons (Fsp3) is 0.697. The normalized spacial score (nSPS) is 21.6. The van der Waals surface area contributed by atoms with E-state index < -0.39 is 59.5 Å². The van der Waals surface area contributed by atoms with Crippen LogP contribution in [0.1, 0.15) is 97.5 Å². The molecule has 0 radical (unpaired) electrons. The van der Waals surface area contributed by atoms with E-state index in [0.29, 0.717) is 19.4 Å². The van der Waals surface area contributed by atoms with Gasteiger partial charge in [0.25, 0.3) is 11.8 Å². The number of hydrogen-bond donors (Lipinski definition) is 4. The van der Waals surface area contributed by atoms with Gasteiger partial charge in [-0.15, -0.1) is 0 Å². The number of amides is 5. The van der Waals surface area contributed by atoms with Gasteiger partial charge in [0.05, 0.1) is 12.2 Å². The second-order valence-corrected chi connectivity index (χ2v) is 13.3. The van der Waals surface area contributed by atoms with Crippen LogP contribution in [0.5, 0.6) is 0 Å². The maximum atomic E-state index is 14.2. The highest BCUT2D eigenvalue weighted by atomic mass is 16.2. The molecule has 0 bridgehead atoms. The molecule has 3 rings (SSSR count). The summed E-state index contributed by atoms with van der Waals surface area (Å²) >= 11 is 0. The summed E-state index contributed by atoms with van der Waals surface area (Å²) in [4.78, 5) is 89.7. The molecule has 2 heterocycles. The number of ketones is 1. The van der Waals surface area contributed by atoms with Crippen LogP contribution in [0.4, 0.5) is 0 Å². The Morgan fingerprint density at radius 1 is 0.891 bits per heavy atom. The Morgan fingerprint density at radius 2 is 1.59 bits per heavy atom. The lowest BCUT2D eigenvalue weighted by atomic mass is 9.92. The number of rotatable bonds is 15. The monoisotopic (exact) mass is 641 g/mol. The lowest BCUT2D eigenvalue weighted by Gasteiger charge is -2.34. The third kappa shape index (κ3) is 8.88. The summed E-state index contributed by atoms with van der Waals surface area (Å²) < 4.78 is 0. The molecule has 13 nitrogen and oxygen atoms in total. The Balaban J connectivity index is 1.80. The fourth-order valence-electron chi connectivity index (χ4n) is 6.34. The van der Waals surface area contributed by atoms with Gasteiger partial charge in [0.2, 0.25) is 23.5 Å². The molecule has 1 saturated carbocycles. The Labute approximate surface area is 271 Å². The van der Waals surface area contributed by atoms with Gasteiger partial charge < -0.3 is 26.2 Å².